The van der Waals surface area contributed by atoms with Crippen LogP contribution < -0.4 is 5.32 Å². The molecule has 2 heterocycles. The Hall–Kier alpha value is -1.10. The zero-order chi connectivity index (χ0) is 13.1. The second-order valence-electron chi connectivity index (χ2n) is 5.38. The lowest BCUT2D eigenvalue weighted by atomic mass is 9.95. The molecule has 0 aromatic carbocycles. The van der Waals surface area contributed by atoms with E-state index in [0.717, 1.165) is 19.4 Å². The van der Waals surface area contributed by atoms with Crippen molar-refractivity contribution in [3.8, 4) is 0 Å². The van der Waals surface area contributed by atoms with Gasteiger partial charge in [-0.3, -0.25) is 9.59 Å². The molecule has 0 radical (unpaired) electrons. The van der Waals surface area contributed by atoms with Crippen molar-refractivity contribution in [1.82, 2.24) is 10.2 Å². The number of hydrogen-bond acceptors (Lipinski definition) is 3. The van der Waals surface area contributed by atoms with Gasteiger partial charge in [0.2, 0.25) is 11.8 Å². The van der Waals surface area contributed by atoms with Crippen molar-refractivity contribution in [2.75, 3.05) is 26.3 Å². The maximum Gasteiger partial charge on any atom is 0.245 e. The van der Waals surface area contributed by atoms with E-state index in [9.17, 15) is 9.59 Å². The maximum absolute atomic E-state index is 12.3. The highest BCUT2D eigenvalue weighted by Gasteiger charge is 2.36. The van der Waals surface area contributed by atoms with E-state index in [0.29, 0.717) is 19.1 Å². The maximum atomic E-state index is 12.3. The third-order valence-electron chi connectivity index (χ3n) is 3.94. The van der Waals surface area contributed by atoms with Gasteiger partial charge in [-0.25, -0.2) is 0 Å². The number of nitrogens with zero attached hydrogens (tertiary/aromatic N) is 1. The monoisotopic (exact) mass is 254 g/mol. The fraction of sp³-hybridized carbons (Fsp3) is 0.846. The molecule has 1 N–H and O–H groups in total. The Morgan fingerprint density at radius 1 is 1.50 bits per heavy atom. The van der Waals surface area contributed by atoms with Crippen molar-refractivity contribution >= 4 is 11.8 Å². The first-order valence-electron chi connectivity index (χ1n) is 6.77. The first kappa shape index (κ1) is 13.3. The summed E-state index contributed by atoms with van der Waals surface area (Å²) in [6.07, 6.45) is 1.87. The number of rotatable bonds is 4. The van der Waals surface area contributed by atoms with Crippen LogP contribution in [0.25, 0.3) is 0 Å². The van der Waals surface area contributed by atoms with E-state index in [4.69, 9.17) is 4.74 Å². The quantitative estimate of drug-likeness (QED) is 0.790. The summed E-state index contributed by atoms with van der Waals surface area (Å²) in [4.78, 5) is 25.7. The summed E-state index contributed by atoms with van der Waals surface area (Å²) in [5, 5.41) is 2.81. The SMILES string of the molecule is CCC(C)C1NC(=O)CN(CC2CCOC2)C1=O. The van der Waals surface area contributed by atoms with Gasteiger partial charge in [0.05, 0.1) is 13.2 Å². The van der Waals surface area contributed by atoms with Gasteiger partial charge in [0.25, 0.3) is 0 Å². The fourth-order valence-electron chi connectivity index (χ4n) is 2.54. The average Bonchev–Trinajstić information content (AvgIpc) is 2.85. The topological polar surface area (TPSA) is 58.6 Å². The molecule has 0 aromatic heterocycles. The van der Waals surface area contributed by atoms with E-state index in [-0.39, 0.29) is 30.3 Å². The minimum absolute atomic E-state index is 0.0428. The molecule has 0 spiro atoms. The van der Waals surface area contributed by atoms with Crippen LogP contribution in [0.2, 0.25) is 0 Å². The summed E-state index contributed by atoms with van der Waals surface area (Å²) >= 11 is 0. The smallest absolute Gasteiger partial charge is 0.245 e. The van der Waals surface area contributed by atoms with E-state index in [1.807, 2.05) is 13.8 Å². The lowest BCUT2D eigenvalue weighted by Crippen LogP contribution is -2.60. The van der Waals surface area contributed by atoms with Crippen LogP contribution in [-0.4, -0.2) is 49.1 Å². The molecule has 0 aliphatic carbocycles. The normalized spacial score (nSPS) is 30.4. The molecule has 3 atom stereocenters. The standard InChI is InChI=1S/C13H22N2O3/c1-3-9(2)12-13(17)15(7-11(16)14-12)6-10-4-5-18-8-10/h9-10,12H,3-8H2,1-2H3,(H,14,16). The van der Waals surface area contributed by atoms with E-state index < -0.39 is 0 Å². The van der Waals surface area contributed by atoms with Crippen LogP contribution in [0.15, 0.2) is 0 Å². The van der Waals surface area contributed by atoms with Crippen molar-refractivity contribution in [3.63, 3.8) is 0 Å². The third kappa shape index (κ3) is 2.83. The molecular weight excluding hydrogens is 232 g/mol. The summed E-state index contributed by atoms with van der Waals surface area (Å²) in [5.74, 6) is 0.594. The van der Waals surface area contributed by atoms with Crippen LogP contribution in [0.5, 0.6) is 0 Å². The van der Waals surface area contributed by atoms with Crippen LogP contribution in [0.3, 0.4) is 0 Å². The molecule has 2 saturated heterocycles. The summed E-state index contributed by atoms with van der Waals surface area (Å²) in [6, 6.07) is -0.349. The third-order valence-corrected chi connectivity index (χ3v) is 3.94. The largest absolute Gasteiger partial charge is 0.381 e. The first-order valence-corrected chi connectivity index (χ1v) is 6.77. The lowest BCUT2D eigenvalue weighted by molar-refractivity contribution is -0.146. The Balaban J connectivity index is 2.00. The highest BCUT2D eigenvalue weighted by atomic mass is 16.5. The van der Waals surface area contributed by atoms with Crippen LogP contribution in [0.4, 0.5) is 0 Å². The van der Waals surface area contributed by atoms with Crippen LogP contribution in [0, 0.1) is 11.8 Å². The summed E-state index contributed by atoms with van der Waals surface area (Å²) in [7, 11) is 0. The molecule has 2 aliphatic rings. The average molecular weight is 254 g/mol. The highest BCUT2D eigenvalue weighted by Crippen LogP contribution is 2.18. The van der Waals surface area contributed by atoms with Gasteiger partial charge in [-0.05, 0) is 12.3 Å². The van der Waals surface area contributed by atoms with Gasteiger partial charge in [0.1, 0.15) is 6.04 Å². The molecule has 0 bridgehead atoms. The van der Waals surface area contributed by atoms with Crippen molar-refractivity contribution < 1.29 is 14.3 Å². The van der Waals surface area contributed by atoms with Crippen molar-refractivity contribution in [2.24, 2.45) is 11.8 Å². The van der Waals surface area contributed by atoms with E-state index >= 15 is 0 Å². The molecule has 3 unspecified atom stereocenters. The van der Waals surface area contributed by atoms with Gasteiger partial charge in [0, 0.05) is 19.1 Å². The number of piperazine rings is 1. The van der Waals surface area contributed by atoms with Crippen LogP contribution >= 0.6 is 0 Å². The van der Waals surface area contributed by atoms with Gasteiger partial charge in [-0.1, -0.05) is 20.3 Å². The molecule has 18 heavy (non-hydrogen) atoms. The number of amides is 2. The molecule has 5 heteroatoms. The lowest BCUT2D eigenvalue weighted by Gasteiger charge is -2.36. The Bertz CT molecular complexity index is 326. The molecular formula is C13H22N2O3. The van der Waals surface area contributed by atoms with Crippen LogP contribution in [0.1, 0.15) is 26.7 Å². The molecule has 0 saturated carbocycles. The first-order chi connectivity index (χ1) is 8.61. The van der Waals surface area contributed by atoms with Gasteiger partial charge >= 0.3 is 0 Å². The molecule has 0 aromatic rings. The zero-order valence-corrected chi connectivity index (χ0v) is 11.1. The molecule has 5 nitrogen and oxygen atoms in total. The number of hydrogen-bond donors (Lipinski definition) is 1. The number of carbonyl (C=O) groups is 2. The summed E-state index contributed by atoms with van der Waals surface area (Å²) in [5.41, 5.74) is 0. The molecule has 102 valence electrons. The van der Waals surface area contributed by atoms with Gasteiger partial charge in [0.15, 0.2) is 0 Å². The second kappa shape index (κ2) is 5.69. The van der Waals surface area contributed by atoms with Crippen LogP contribution in [-0.2, 0) is 14.3 Å². The predicted molar refractivity (Wildman–Crippen MR) is 66.9 cm³/mol. The van der Waals surface area contributed by atoms with Gasteiger partial charge in [-0.15, -0.1) is 0 Å². The van der Waals surface area contributed by atoms with Gasteiger partial charge < -0.3 is 15.0 Å². The highest BCUT2D eigenvalue weighted by molar-refractivity contribution is 5.95. The predicted octanol–water partition coefficient (Wildman–Crippen LogP) is 0.396. The van der Waals surface area contributed by atoms with E-state index in [2.05, 4.69) is 5.32 Å². The number of ether oxygens (including phenoxy) is 1. The number of carbonyl (C=O) groups excluding carboxylic acids is 2. The van der Waals surface area contributed by atoms with Crippen molar-refractivity contribution in [1.29, 1.82) is 0 Å². The summed E-state index contributed by atoms with van der Waals surface area (Å²) in [6.45, 7) is 6.37. The minimum atomic E-state index is -0.349. The molecule has 2 amide bonds. The molecule has 2 rings (SSSR count). The van der Waals surface area contributed by atoms with E-state index in [1.54, 1.807) is 4.90 Å². The molecule has 2 aliphatic heterocycles. The summed E-state index contributed by atoms with van der Waals surface area (Å²) < 4.78 is 5.32. The van der Waals surface area contributed by atoms with Crippen molar-refractivity contribution in [3.05, 3.63) is 0 Å². The Kier molecular flexibility index (Phi) is 4.22. The van der Waals surface area contributed by atoms with Crippen molar-refractivity contribution in [2.45, 2.75) is 32.7 Å². The Morgan fingerprint density at radius 2 is 2.28 bits per heavy atom. The Labute approximate surface area is 108 Å². The van der Waals surface area contributed by atoms with Gasteiger partial charge in [-0.2, -0.15) is 0 Å². The van der Waals surface area contributed by atoms with E-state index in [1.165, 1.54) is 0 Å². The Morgan fingerprint density at radius 3 is 2.89 bits per heavy atom. The minimum Gasteiger partial charge on any atom is -0.381 e. The second-order valence-corrected chi connectivity index (χ2v) is 5.38. The molecule has 2 fully saturated rings. The number of nitrogens with one attached hydrogen (secondary N) is 1. The fourth-order valence-corrected chi connectivity index (χ4v) is 2.54. The zero-order valence-electron chi connectivity index (χ0n) is 11.1.